The van der Waals surface area contributed by atoms with Gasteiger partial charge in [-0.05, 0) is 80.9 Å². The van der Waals surface area contributed by atoms with Crippen LogP contribution in [-0.2, 0) is 14.8 Å². The van der Waals surface area contributed by atoms with Crippen LogP contribution in [0.3, 0.4) is 0 Å². The molecule has 0 saturated carbocycles. The van der Waals surface area contributed by atoms with Crippen LogP contribution in [0.1, 0.15) is 18.1 Å². The van der Waals surface area contributed by atoms with Gasteiger partial charge >= 0.3 is 0 Å². The van der Waals surface area contributed by atoms with E-state index in [1.165, 1.54) is 24.3 Å². The van der Waals surface area contributed by atoms with E-state index in [-0.39, 0.29) is 10.8 Å². The van der Waals surface area contributed by atoms with Crippen molar-refractivity contribution in [2.75, 3.05) is 10.0 Å². The third-order valence-corrected chi connectivity index (χ3v) is 6.19. The first-order valence-electron chi connectivity index (χ1n) is 9.57. The minimum Gasteiger partial charge on any atom is -0.481 e. The Hall–Kier alpha value is -3.03. The van der Waals surface area contributed by atoms with Gasteiger partial charge in [-0.15, -0.1) is 0 Å². The minimum absolute atomic E-state index is 0.0935. The summed E-state index contributed by atoms with van der Waals surface area (Å²) < 4.78 is 33.5. The first-order chi connectivity index (χ1) is 14.6. The van der Waals surface area contributed by atoms with E-state index < -0.39 is 16.1 Å². The Labute approximate surface area is 187 Å². The number of hydrogen-bond acceptors (Lipinski definition) is 4. The average molecular weight is 459 g/mol. The van der Waals surface area contributed by atoms with Gasteiger partial charge in [0, 0.05) is 10.7 Å². The molecule has 0 aliphatic carbocycles. The van der Waals surface area contributed by atoms with Crippen LogP contribution in [0.2, 0.25) is 5.02 Å². The molecular formula is C23H23ClN2O4S. The molecule has 1 amide bonds. The lowest BCUT2D eigenvalue weighted by Crippen LogP contribution is -2.30. The molecule has 162 valence electrons. The molecule has 0 bridgehead atoms. The summed E-state index contributed by atoms with van der Waals surface area (Å²) in [5.74, 6) is 0.157. The van der Waals surface area contributed by atoms with Crippen LogP contribution in [-0.4, -0.2) is 20.4 Å². The van der Waals surface area contributed by atoms with Gasteiger partial charge in [0.15, 0.2) is 6.10 Å². The summed E-state index contributed by atoms with van der Waals surface area (Å²) in [5, 5.41) is 3.29. The van der Waals surface area contributed by atoms with Gasteiger partial charge in [0.05, 0.1) is 10.6 Å². The van der Waals surface area contributed by atoms with E-state index in [0.717, 1.165) is 11.1 Å². The number of rotatable bonds is 7. The Kier molecular flexibility index (Phi) is 6.87. The first kappa shape index (κ1) is 22.7. The maximum Gasteiger partial charge on any atom is 0.265 e. The van der Waals surface area contributed by atoms with Crippen LogP contribution in [0.25, 0.3) is 0 Å². The van der Waals surface area contributed by atoms with Crippen LogP contribution in [0.5, 0.6) is 5.75 Å². The van der Waals surface area contributed by atoms with Gasteiger partial charge in [-0.3, -0.25) is 9.52 Å². The fourth-order valence-electron chi connectivity index (χ4n) is 2.86. The molecule has 2 N–H and O–H groups in total. The fourth-order valence-corrected chi connectivity index (χ4v) is 4.12. The SMILES string of the molecule is Cc1ccc(NS(=O)(=O)c2ccc(NC(=O)C(C)Oc3ccc(Cl)cc3)cc2)c(C)c1. The summed E-state index contributed by atoms with van der Waals surface area (Å²) in [7, 11) is -3.75. The fraction of sp³-hybridized carbons (Fsp3) is 0.174. The third kappa shape index (κ3) is 5.99. The number of anilines is 2. The molecule has 0 aromatic heterocycles. The van der Waals surface area contributed by atoms with Gasteiger partial charge in [-0.1, -0.05) is 29.3 Å². The Morgan fingerprint density at radius 2 is 1.61 bits per heavy atom. The third-order valence-electron chi connectivity index (χ3n) is 4.55. The zero-order chi connectivity index (χ0) is 22.6. The number of amides is 1. The summed E-state index contributed by atoms with van der Waals surface area (Å²) in [6.45, 7) is 5.41. The molecule has 3 rings (SSSR count). The second-order valence-electron chi connectivity index (χ2n) is 7.15. The average Bonchev–Trinajstić information content (AvgIpc) is 2.72. The molecule has 3 aromatic rings. The van der Waals surface area contributed by atoms with Gasteiger partial charge in [0.1, 0.15) is 5.75 Å². The van der Waals surface area contributed by atoms with Crippen LogP contribution in [0.15, 0.2) is 71.6 Å². The van der Waals surface area contributed by atoms with Gasteiger partial charge in [0.25, 0.3) is 15.9 Å². The highest BCUT2D eigenvalue weighted by Crippen LogP contribution is 2.22. The highest BCUT2D eigenvalue weighted by molar-refractivity contribution is 7.92. The predicted octanol–water partition coefficient (Wildman–Crippen LogP) is 5.16. The summed E-state index contributed by atoms with van der Waals surface area (Å²) in [5.41, 5.74) is 2.87. The Morgan fingerprint density at radius 1 is 0.968 bits per heavy atom. The minimum atomic E-state index is -3.75. The van der Waals surface area contributed by atoms with Crippen LogP contribution >= 0.6 is 11.6 Å². The van der Waals surface area contributed by atoms with Crippen molar-refractivity contribution in [1.82, 2.24) is 0 Å². The molecule has 0 heterocycles. The van der Waals surface area contributed by atoms with E-state index in [9.17, 15) is 13.2 Å². The van der Waals surface area contributed by atoms with Crippen molar-refractivity contribution >= 4 is 38.9 Å². The smallest absolute Gasteiger partial charge is 0.265 e. The van der Waals surface area contributed by atoms with E-state index >= 15 is 0 Å². The van der Waals surface area contributed by atoms with E-state index in [4.69, 9.17) is 16.3 Å². The Bertz CT molecular complexity index is 1180. The number of carbonyl (C=O) groups excluding carboxylic acids is 1. The lowest BCUT2D eigenvalue weighted by Gasteiger charge is -2.15. The highest BCUT2D eigenvalue weighted by atomic mass is 35.5. The molecule has 0 saturated heterocycles. The number of hydrogen-bond donors (Lipinski definition) is 2. The van der Waals surface area contributed by atoms with Gasteiger partial charge in [-0.2, -0.15) is 0 Å². The molecule has 0 aliphatic rings. The zero-order valence-corrected chi connectivity index (χ0v) is 18.9. The van der Waals surface area contributed by atoms with Crippen molar-refractivity contribution in [3.8, 4) is 5.75 Å². The summed E-state index contributed by atoms with van der Waals surface area (Å²) in [4.78, 5) is 12.5. The maximum atomic E-state index is 12.7. The number of benzene rings is 3. The summed E-state index contributed by atoms with van der Waals surface area (Å²) >= 11 is 5.84. The summed E-state index contributed by atoms with van der Waals surface area (Å²) in [6.07, 6.45) is -0.754. The number of halogens is 1. The van der Waals surface area contributed by atoms with Gasteiger partial charge in [-0.25, -0.2) is 8.42 Å². The molecular weight excluding hydrogens is 436 g/mol. The lowest BCUT2D eigenvalue weighted by atomic mass is 10.1. The van der Waals surface area contributed by atoms with Crippen molar-refractivity contribution in [3.63, 3.8) is 0 Å². The number of nitrogens with one attached hydrogen (secondary N) is 2. The van der Waals surface area contributed by atoms with Gasteiger partial charge < -0.3 is 10.1 Å². The number of ether oxygens (including phenoxy) is 1. The van der Waals surface area contributed by atoms with E-state index in [2.05, 4.69) is 10.0 Å². The van der Waals surface area contributed by atoms with Crippen LogP contribution < -0.4 is 14.8 Å². The molecule has 8 heteroatoms. The van der Waals surface area contributed by atoms with Crippen molar-refractivity contribution in [2.45, 2.75) is 31.8 Å². The molecule has 0 radical (unpaired) electrons. The van der Waals surface area contributed by atoms with E-state index in [1.807, 2.05) is 26.0 Å². The van der Waals surface area contributed by atoms with Crippen molar-refractivity contribution < 1.29 is 17.9 Å². The van der Waals surface area contributed by atoms with Crippen molar-refractivity contribution in [3.05, 3.63) is 82.9 Å². The molecule has 0 aliphatic heterocycles. The molecule has 6 nitrogen and oxygen atoms in total. The number of aryl methyl sites for hydroxylation is 2. The monoisotopic (exact) mass is 458 g/mol. The van der Waals surface area contributed by atoms with Crippen molar-refractivity contribution in [2.24, 2.45) is 0 Å². The Morgan fingerprint density at radius 3 is 2.23 bits per heavy atom. The quantitative estimate of drug-likeness (QED) is 0.512. The number of carbonyl (C=O) groups is 1. The molecule has 1 unspecified atom stereocenters. The van der Waals surface area contributed by atoms with Crippen molar-refractivity contribution in [1.29, 1.82) is 0 Å². The largest absolute Gasteiger partial charge is 0.481 e. The van der Waals surface area contributed by atoms with Crippen LogP contribution in [0, 0.1) is 13.8 Å². The number of sulfonamides is 1. The first-order valence-corrected chi connectivity index (χ1v) is 11.4. The zero-order valence-electron chi connectivity index (χ0n) is 17.3. The molecule has 0 spiro atoms. The highest BCUT2D eigenvalue weighted by Gasteiger charge is 2.17. The lowest BCUT2D eigenvalue weighted by molar-refractivity contribution is -0.122. The van der Waals surface area contributed by atoms with E-state index in [1.54, 1.807) is 37.3 Å². The maximum absolute atomic E-state index is 12.7. The summed E-state index contributed by atoms with van der Waals surface area (Å²) in [6, 6.07) is 18.1. The van der Waals surface area contributed by atoms with Gasteiger partial charge in [0.2, 0.25) is 0 Å². The second kappa shape index (κ2) is 9.41. The van der Waals surface area contributed by atoms with Crippen LogP contribution in [0.4, 0.5) is 11.4 Å². The topological polar surface area (TPSA) is 84.5 Å². The normalized spacial score (nSPS) is 12.1. The standard InChI is InChI=1S/C23H23ClN2O4S/c1-15-4-13-22(16(2)14-15)26-31(28,29)21-11-7-19(8-12-21)25-23(27)17(3)30-20-9-5-18(24)6-10-20/h4-14,17,26H,1-3H3,(H,25,27). The predicted molar refractivity (Wildman–Crippen MR) is 123 cm³/mol. The molecule has 31 heavy (non-hydrogen) atoms. The molecule has 0 fully saturated rings. The molecule has 3 aromatic carbocycles. The molecule has 1 atom stereocenters. The second-order valence-corrected chi connectivity index (χ2v) is 9.27. The van der Waals surface area contributed by atoms with E-state index in [0.29, 0.717) is 22.1 Å². The Balaban J connectivity index is 1.64.